The fraction of sp³-hybridized carbons (Fsp3) is 0.400. The van der Waals surface area contributed by atoms with Crippen molar-refractivity contribution >= 4 is 11.8 Å². The molecule has 0 bridgehead atoms. The second-order valence-electron chi connectivity index (χ2n) is 6.71. The third kappa shape index (κ3) is 7.52. The van der Waals surface area contributed by atoms with Crippen LogP contribution in [0.25, 0.3) is 0 Å². The van der Waals surface area contributed by atoms with Crippen LogP contribution in [0, 0.1) is 6.92 Å². The number of nitrogens with zero attached hydrogens (tertiary/aromatic N) is 3. The van der Waals surface area contributed by atoms with Crippen LogP contribution in [-0.4, -0.2) is 44.9 Å². The molecule has 0 saturated heterocycles. The van der Waals surface area contributed by atoms with E-state index in [-0.39, 0.29) is 12.3 Å². The standard InChI is InChI=1S/C20H26F3N5O/c1-14-5-6-16(17(9-14)29-13-20(21,22)23)12-27-19(24-2)26-11-15-7-8-25-18(10-15)28(3)4/h5-10H,11-13H2,1-4H3,(H2,24,26,27). The molecule has 1 aromatic carbocycles. The zero-order chi connectivity index (χ0) is 21.4. The first kappa shape index (κ1) is 22.3. The Balaban J connectivity index is 1.98. The lowest BCUT2D eigenvalue weighted by Gasteiger charge is -2.17. The summed E-state index contributed by atoms with van der Waals surface area (Å²) in [6.07, 6.45) is -2.65. The quantitative estimate of drug-likeness (QED) is 0.543. The van der Waals surface area contributed by atoms with Crippen LogP contribution in [0.2, 0.25) is 0 Å². The van der Waals surface area contributed by atoms with E-state index < -0.39 is 12.8 Å². The van der Waals surface area contributed by atoms with Gasteiger partial charge in [-0.15, -0.1) is 0 Å². The largest absolute Gasteiger partial charge is 0.484 e. The highest BCUT2D eigenvalue weighted by atomic mass is 19.4. The second-order valence-corrected chi connectivity index (χ2v) is 6.71. The van der Waals surface area contributed by atoms with Crippen LogP contribution in [0.1, 0.15) is 16.7 Å². The Morgan fingerprint density at radius 2 is 1.86 bits per heavy atom. The molecule has 6 nitrogen and oxygen atoms in total. The molecule has 0 aliphatic rings. The van der Waals surface area contributed by atoms with E-state index in [1.807, 2.05) is 37.2 Å². The SMILES string of the molecule is CN=C(NCc1ccnc(N(C)C)c1)NCc1ccc(C)cc1OCC(F)(F)F. The van der Waals surface area contributed by atoms with Crippen molar-refractivity contribution in [1.82, 2.24) is 15.6 Å². The van der Waals surface area contributed by atoms with E-state index >= 15 is 0 Å². The molecule has 9 heteroatoms. The summed E-state index contributed by atoms with van der Waals surface area (Å²) in [7, 11) is 5.46. The number of ether oxygens (including phenoxy) is 1. The van der Waals surface area contributed by atoms with Crippen LogP contribution in [0.3, 0.4) is 0 Å². The molecule has 0 amide bonds. The Bertz CT molecular complexity index is 837. The molecular weight excluding hydrogens is 383 g/mol. The van der Waals surface area contributed by atoms with Crippen LogP contribution in [0.4, 0.5) is 19.0 Å². The minimum absolute atomic E-state index is 0.204. The molecule has 2 aromatic rings. The normalized spacial score (nSPS) is 11.9. The van der Waals surface area contributed by atoms with Gasteiger partial charge in [-0.2, -0.15) is 13.2 Å². The van der Waals surface area contributed by atoms with Gasteiger partial charge in [0, 0.05) is 46.0 Å². The number of rotatable bonds is 7. The first-order valence-electron chi connectivity index (χ1n) is 9.04. The van der Waals surface area contributed by atoms with Gasteiger partial charge in [-0.3, -0.25) is 4.99 Å². The first-order valence-corrected chi connectivity index (χ1v) is 9.04. The summed E-state index contributed by atoms with van der Waals surface area (Å²) in [4.78, 5) is 10.3. The number of alkyl halides is 3. The Labute approximate surface area is 168 Å². The summed E-state index contributed by atoms with van der Waals surface area (Å²) in [6.45, 7) is 1.27. The third-order valence-corrected chi connectivity index (χ3v) is 4.01. The zero-order valence-electron chi connectivity index (χ0n) is 17.0. The van der Waals surface area contributed by atoms with Gasteiger partial charge >= 0.3 is 6.18 Å². The second kappa shape index (κ2) is 9.99. The van der Waals surface area contributed by atoms with Gasteiger partial charge in [0.2, 0.25) is 0 Å². The number of aromatic nitrogens is 1. The number of benzene rings is 1. The maximum absolute atomic E-state index is 12.5. The molecule has 0 fully saturated rings. The lowest BCUT2D eigenvalue weighted by Crippen LogP contribution is -2.36. The number of guanidine groups is 1. The van der Waals surface area contributed by atoms with Crippen molar-refractivity contribution in [1.29, 1.82) is 0 Å². The van der Waals surface area contributed by atoms with Crippen molar-refractivity contribution in [2.75, 3.05) is 32.6 Å². The lowest BCUT2D eigenvalue weighted by atomic mass is 10.1. The fourth-order valence-corrected chi connectivity index (χ4v) is 2.50. The topological polar surface area (TPSA) is 61.8 Å². The minimum atomic E-state index is -4.39. The third-order valence-electron chi connectivity index (χ3n) is 4.01. The molecule has 0 radical (unpaired) electrons. The Hall–Kier alpha value is -2.97. The van der Waals surface area contributed by atoms with E-state index in [0.717, 1.165) is 16.9 Å². The molecule has 0 unspecified atom stereocenters. The van der Waals surface area contributed by atoms with Crippen molar-refractivity contribution < 1.29 is 17.9 Å². The number of aliphatic imine (C=N–C) groups is 1. The van der Waals surface area contributed by atoms with E-state index in [4.69, 9.17) is 4.74 Å². The number of aryl methyl sites for hydroxylation is 1. The van der Waals surface area contributed by atoms with E-state index in [9.17, 15) is 13.2 Å². The van der Waals surface area contributed by atoms with Crippen molar-refractivity contribution in [2.45, 2.75) is 26.2 Å². The maximum atomic E-state index is 12.5. The summed E-state index contributed by atoms with van der Waals surface area (Å²) in [5.74, 6) is 1.57. The van der Waals surface area contributed by atoms with Gasteiger partial charge < -0.3 is 20.3 Å². The van der Waals surface area contributed by atoms with Crippen LogP contribution in [0.15, 0.2) is 41.5 Å². The van der Waals surface area contributed by atoms with Gasteiger partial charge in [0.15, 0.2) is 12.6 Å². The minimum Gasteiger partial charge on any atom is -0.484 e. The Kier molecular flexibility index (Phi) is 7.69. The molecule has 0 atom stereocenters. The van der Waals surface area contributed by atoms with Crippen molar-refractivity contribution in [3.63, 3.8) is 0 Å². The summed E-state index contributed by atoms with van der Waals surface area (Å²) in [6, 6.07) is 9.03. The summed E-state index contributed by atoms with van der Waals surface area (Å²) in [5, 5.41) is 6.28. The summed E-state index contributed by atoms with van der Waals surface area (Å²) in [5.41, 5.74) is 2.46. The number of pyridine rings is 1. The molecule has 0 aliphatic heterocycles. The van der Waals surface area contributed by atoms with Gasteiger partial charge in [0.25, 0.3) is 0 Å². The molecule has 1 aromatic heterocycles. The molecule has 0 saturated carbocycles. The average Bonchev–Trinajstić information content (AvgIpc) is 2.67. The van der Waals surface area contributed by atoms with E-state index in [1.165, 1.54) is 0 Å². The number of nitrogens with one attached hydrogen (secondary N) is 2. The molecule has 29 heavy (non-hydrogen) atoms. The van der Waals surface area contributed by atoms with Gasteiger partial charge in [-0.1, -0.05) is 12.1 Å². The van der Waals surface area contributed by atoms with Gasteiger partial charge in [-0.05, 0) is 36.2 Å². The van der Waals surface area contributed by atoms with Crippen molar-refractivity contribution in [2.24, 2.45) is 4.99 Å². The van der Waals surface area contributed by atoms with Gasteiger partial charge in [0.05, 0.1) is 0 Å². The lowest BCUT2D eigenvalue weighted by molar-refractivity contribution is -0.153. The first-order chi connectivity index (χ1) is 13.7. The number of halogens is 3. The Morgan fingerprint density at radius 1 is 1.14 bits per heavy atom. The van der Waals surface area contributed by atoms with E-state index in [0.29, 0.717) is 18.1 Å². The predicted octanol–water partition coefficient (Wildman–Crippen LogP) is 3.26. The van der Waals surface area contributed by atoms with Crippen LogP contribution in [-0.2, 0) is 13.1 Å². The molecule has 2 N–H and O–H groups in total. The number of anilines is 1. The highest BCUT2D eigenvalue weighted by Crippen LogP contribution is 2.23. The fourth-order valence-electron chi connectivity index (χ4n) is 2.50. The number of hydrogen-bond acceptors (Lipinski definition) is 4. The van der Waals surface area contributed by atoms with Crippen LogP contribution < -0.4 is 20.3 Å². The molecular formula is C20H26F3N5O. The zero-order valence-corrected chi connectivity index (χ0v) is 17.0. The monoisotopic (exact) mass is 409 g/mol. The maximum Gasteiger partial charge on any atom is 0.422 e. The predicted molar refractivity (Wildman–Crippen MR) is 108 cm³/mol. The van der Waals surface area contributed by atoms with Crippen LogP contribution >= 0.6 is 0 Å². The smallest absolute Gasteiger partial charge is 0.422 e. The van der Waals surface area contributed by atoms with Crippen molar-refractivity contribution in [3.05, 3.63) is 53.2 Å². The van der Waals surface area contributed by atoms with Gasteiger partial charge in [0.1, 0.15) is 11.6 Å². The molecule has 158 valence electrons. The molecule has 1 heterocycles. The number of hydrogen-bond donors (Lipinski definition) is 2. The van der Waals surface area contributed by atoms with E-state index in [1.54, 1.807) is 32.3 Å². The highest BCUT2D eigenvalue weighted by molar-refractivity contribution is 5.79. The van der Waals surface area contributed by atoms with Crippen LogP contribution in [0.5, 0.6) is 5.75 Å². The molecule has 2 rings (SSSR count). The summed E-state index contributed by atoms with van der Waals surface area (Å²) < 4.78 is 42.5. The van der Waals surface area contributed by atoms with E-state index in [2.05, 4.69) is 20.6 Å². The van der Waals surface area contributed by atoms with Crippen molar-refractivity contribution in [3.8, 4) is 5.75 Å². The Morgan fingerprint density at radius 3 is 2.52 bits per heavy atom. The van der Waals surface area contributed by atoms with Gasteiger partial charge in [-0.25, -0.2) is 4.98 Å². The summed E-state index contributed by atoms with van der Waals surface area (Å²) >= 11 is 0. The average molecular weight is 409 g/mol. The molecule has 0 aliphatic carbocycles. The highest BCUT2D eigenvalue weighted by Gasteiger charge is 2.28. The molecule has 0 spiro atoms.